The fraction of sp³-hybridized carbons (Fsp3) is 0.538. The molecule has 2 fully saturated rings. The van der Waals surface area contributed by atoms with Gasteiger partial charge >= 0.3 is 0 Å². The van der Waals surface area contributed by atoms with Gasteiger partial charge in [0.05, 0.1) is 23.2 Å². The minimum Gasteiger partial charge on any atom is -0.484 e. The first kappa shape index (κ1) is 11.7. The normalized spacial score (nSPS) is 19.6. The van der Waals surface area contributed by atoms with Crippen LogP contribution >= 0.6 is 15.9 Å². The highest BCUT2D eigenvalue weighted by molar-refractivity contribution is 9.10. The average molecular weight is 324 g/mol. The van der Waals surface area contributed by atoms with Gasteiger partial charge in [-0.15, -0.1) is 5.10 Å². The average Bonchev–Trinajstić information content (AvgIpc) is 3.07. The molecule has 0 amide bonds. The van der Waals surface area contributed by atoms with E-state index in [-0.39, 0.29) is 6.10 Å². The van der Waals surface area contributed by atoms with Crippen molar-refractivity contribution in [1.29, 1.82) is 0 Å². The zero-order valence-corrected chi connectivity index (χ0v) is 12.0. The van der Waals surface area contributed by atoms with Gasteiger partial charge in [-0.2, -0.15) is 0 Å². The van der Waals surface area contributed by atoms with Crippen molar-refractivity contribution in [2.45, 2.75) is 25.5 Å². The van der Waals surface area contributed by atoms with Crippen LogP contribution in [0.25, 0.3) is 11.0 Å². The molecule has 0 radical (unpaired) electrons. The summed E-state index contributed by atoms with van der Waals surface area (Å²) >= 11 is 3.58. The van der Waals surface area contributed by atoms with Crippen LogP contribution in [0.1, 0.15) is 12.8 Å². The number of hydrogen-bond acceptors (Lipinski definition) is 4. The topological polar surface area (TPSA) is 49.2 Å². The summed E-state index contributed by atoms with van der Waals surface area (Å²) in [6.45, 7) is 2.30. The van der Waals surface area contributed by atoms with E-state index < -0.39 is 0 Å². The van der Waals surface area contributed by atoms with Crippen molar-refractivity contribution in [3.8, 4) is 5.75 Å². The van der Waals surface area contributed by atoms with E-state index in [0.717, 1.165) is 33.7 Å². The molecule has 4 rings (SSSR count). The van der Waals surface area contributed by atoms with Gasteiger partial charge in [-0.05, 0) is 46.8 Å². The second-order valence-corrected chi connectivity index (χ2v) is 6.03. The molecule has 0 bridgehead atoms. The molecule has 1 saturated heterocycles. The van der Waals surface area contributed by atoms with E-state index in [1.165, 1.54) is 12.8 Å². The van der Waals surface area contributed by atoms with Gasteiger partial charge in [-0.25, -0.2) is 4.68 Å². The SMILES string of the molecule is Brc1c(OC2COC2)ccc2c1nnn2CC1CC1. The number of rotatable bonds is 4. The van der Waals surface area contributed by atoms with Crippen LogP contribution in [0, 0.1) is 5.92 Å². The van der Waals surface area contributed by atoms with Crippen molar-refractivity contribution in [1.82, 2.24) is 15.0 Å². The lowest BCUT2D eigenvalue weighted by Gasteiger charge is -2.27. The lowest BCUT2D eigenvalue weighted by molar-refractivity contribution is -0.0799. The number of fused-ring (bicyclic) bond motifs is 1. The van der Waals surface area contributed by atoms with Crippen LogP contribution in [0.4, 0.5) is 0 Å². The predicted molar refractivity (Wildman–Crippen MR) is 73.2 cm³/mol. The molecule has 0 spiro atoms. The molecule has 1 aromatic heterocycles. The summed E-state index contributed by atoms with van der Waals surface area (Å²) in [6, 6.07) is 4.02. The number of benzene rings is 1. The van der Waals surface area contributed by atoms with Crippen molar-refractivity contribution in [2.24, 2.45) is 5.92 Å². The minimum atomic E-state index is 0.162. The third-order valence-corrected chi connectivity index (χ3v) is 4.39. The van der Waals surface area contributed by atoms with Crippen LogP contribution in [0.5, 0.6) is 5.75 Å². The van der Waals surface area contributed by atoms with Gasteiger partial charge in [0.2, 0.25) is 0 Å². The molecule has 1 aliphatic carbocycles. The Morgan fingerprint density at radius 3 is 2.89 bits per heavy atom. The molecule has 5 nitrogen and oxygen atoms in total. The van der Waals surface area contributed by atoms with Gasteiger partial charge < -0.3 is 9.47 Å². The van der Waals surface area contributed by atoms with Crippen LogP contribution in [0.2, 0.25) is 0 Å². The Morgan fingerprint density at radius 2 is 2.21 bits per heavy atom. The highest BCUT2D eigenvalue weighted by atomic mass is 79.9. The van der Waals surface area contributed by atoms with Crippen molar-refractivity contribution in [2.75, 3.05) is 13.2 Å². The van der Waals surface area contributed by atoms with Gasteiger partial charge in [-0.3, -0.25) is 0 Å². The molecular formula is C13H14BrN3O2. The van der Waals surface area contributed by atoms with Crippen molar-refractivity contribution >= 4 is 27.0 Å². The van der Waals surface area contributed by atoms with Crippen molar-refractivity contribution < 1.29 is 9.47 Å². The Hall–Kier alpha value is -1.14. The molecule has 2 aliphatic rings. The lowest BCUT2D eigenvalue weighted by atomic mass is 10.2. The molecule has 0 unspecified atom stereocenters. The van der Waals surface area contributed by atoms with Crippen LogP contribution in [0.3, 0.4) is 0 Å². The third kappa shape index (κ3) is 2.12. The second kappa shape index (κ2) is 4.45. The summed E-state index contributed by atoms with van der Waals surface area (Å²) < 4.78 is 13.8. The third-order valence-electron chi connectivity index (χ3n) is 3.62. The van der Waals surface area contributed by atoms with E-state index in [1.54, 1.807) is 0 Å². The van der Waals surface area contributed by atoms with Gasteiger partial charge in [-0.1, -0.05) is 5.21 Å². The maximum Gasteiger partial charge on any atom is 0.145 e. The lowest BCUT2D eigenvalue weighted by Crippen LogP contribution is -2.38. The molecule has 1 aromatic carbocycles. The van der Waals surface area contributed by atoms with Crippen molar-refractivity contribution in [3.63, 3.8) is 0 Å². The number of ether oxygens (including phenoxy) is 2. The molecule has 2 heterocycles. The Morgan fingerprint density at radius 1 is 1.37 bits per heavy atom. The van der Waals surface area contributed by atoms with Gasteiger partial charge in [0.15, 0.2) is 0 Å². The quantitative estimate of drug-likeness (QED) is 0.866. The van der Waals surface area contributed by atoms with Crippen molar-refractivity contribution in [3.05, 3.63) is 16.6 Å². The number of nitrogens with zero attached hydrogens (tertiary/aromatic N) is 3. The molecular weight excluding hydrogens is 310 g/mol. The van der Waals surface area contributed by atoms with E-state index in [9.17, 15) is 0 Å². The second-order valence-electron chi connectivity index (χ2n) is 5.24. The molecule has 2 aromatic rings. The van der Waals surface area contributed by atoms with Gasteiger partial charge in [0.1, 0.15) is 17.4 Å². The van der Waals surface area contributed by atoms with E-state index in [0.29, 0.717) is 13.2 Å². The Kier molecular flexibility index (Phi) is 2.73. The van der Waals surface area contributed by atoms with Gasteiger partial charge in [0, 0.05) is 6.54 Å². The van der Waals surface area contributed by atoms with Gasteiger partial charge in [0.25, 0.3) is 0 Å². The fourth-order valence-electron chi connectivity index (χ4n) is 2.22. The maximum absolute atomic E-state index is 5.84. The van der Waals surface area contributed by atoms with E-state index in [4.69, 9.17) is 9.47 Å². The molecule has 6 heteroatoms. The smallest absolute Gasteiger partial charge is 0.145 e. The largest absolute Gasteiger partial charge is 0.484 e. The Balaban J connectivity index is 1.67. The first-order valence-corrected chi connectivity index (χ1v) is 7.36. The zero-order valence-electron chi connectivity index (χ0n) is 10.4. The van der Waals surface area contributed by atoms with Crippen LogP contribution in [-0.2, 0) is 11.3 Å². The monoisotopic (exact) mass is 323 g/mol. The number of halogens is 1. The highest BCUT2D eigenvalue weighted by Crippen LogP contribution is 2.35. The summed E-state index contributed by atoms with van der Waals surface area (Å²) in [4.78, 5) is 0. The predicted octanol–water partition coefficient (Wildman–Crippen LogP) is 2.38. The molecule has 1 aliphatic heterocycles. The fourth-order valence-corrected chi connectivity index (χ4v) is 2.73. The van der Waals surface area contributed by atoms with E-state index >= 15 is 0 Å². The first-order valence-electron chi connectivity index (χ1n) is 6.57. The minimum absolute atomic E-state index is 0.162. The summed E-state index contributed by atoms with van der Waals surface area (Å²) in [5, 5.41) is 8.51. The summed E-state index contributed by atoms with van der Waals surface area (Å²) in [5.41, 5.74) is 1.94. The summed E-state index contributed by atoms with van der Waals surface area (Å²) in [7, 11) is 0. The molecule has 0 atom stereocenters. The highest BCUT2D eigenvalue weighted by Gasteiger charge is 2.25. The Bertz CT molecular complexity index is 620. The number of hydrogen-bond donors (Lipinski definition) is 0. The zero-order chi connectivity index (χ0) is 12.8. The molecule has 0 N–H and O–H groups in total. The molecule has 19 heavy (non-hydrogen) atoms. The van der Waals surface area contributed by atoms with Crippen LogP contribution in [-0.4, -0.2) is 34.3 Å². The standard InChI is InChI=1S/C13H14BrN3O2/c14-12-11(19-9-6-18-7-9)4-3-10-13(12)15-16-17(10)5-8-1-2-8/h3-4,8-9H,1-2,5-7H2. The summed E-state index contributed by atoms with van der Waals surface area (Å²) in [6.07, 6.45) is 2.78. The van der Waals surface area contributed by atoms with Crippen LogP contribution in [0.15, 0.2) is 16.6 Å². The molecule has 100 valence electrons. The van der Waals surface area contributed by atoms with E-state index in [2.05, 4.69) is 26.2 Å². The summed E-state index contributed by atoms with van der Waals surface area (Å²) in [5.74, 6) is 1.60. The molecule has 1 saturated carbocycles. The maximum atomic E-state index is 5.84. The number of aromatic nitrogens is 3. The van der Waals surface area contributed by atoms with E-state index in [1.807, 2.05) is 16.8 Å². The Labute approximate surface area is 119 Å². The first-order chi connectivity index (χ1) is 9.31. The van der Waals surface area contributed by atoms with Crippen LogP contribution < -0.4 is 4.74 Å².